The predicted molar refractivity (Wildman–Crippen MR) is 122 cm³/mol. The predicted octanol–water partition coefficient (Wildman–Crippen LogP) is 4.85. The first-order chi connectivity index (χ1) is 18.1. The summed E-state index contributed by atoms with van der Waals surface area (Å²) in [5, 5.41) is 23.1. The Morgan fingerprint density at radius 1 is 1.00 bits per heavy atom. The second-order valence-electron chi connectivity index (χ2n) is 8.07. The van der Waals surface area contributed by atoms with Gasteiger partial charge in [0, 0.05) is 16.7 Å². The van der Waals surface area contributed by atoms with Crippen LogP contribution < -0.4 is 4.74 Å². The van der Waals surface area contributed by atoms with Crippen molar-refractivity contribution in [3.05, 3.63) is 77.4 Å². The fraction of sp³-hybridized carbons (Fsp3) is 0.125. The molecule has 194 valence electrons. The molecule has 0 unspecified atom stereocenters. The number of H-pyrrole nitrogens is 1. The van der Waals surface area contributed by atoms with E-state index < -0.39 is 42.9 Å². The second-order valence-corrected chi connectivity index (χ2v) is 8.07. The van der Waals surface area contributed by atoms with Gasteiger partial charge in [-0.3, -0.25) is 4.57 Å². The Morgan fingerprint density at radius 3 is 2.45 bits per heavy atom. The Bertz CT molecular complexity index is 1650. The van der Waals surface area contributed by atoms with Crippen LogP contribution in [-0.2, 0) is 6.54 Å². The van der Waals surface area contributed by atoms with Crippen LogP contribution in [0.1, 0.15) is 15.9 Å². The quantitative estimate of drug-likeness (QED) is 0.289. The van der Waals surface area contributed by atoms with Gasteiger partial charge in [0.2, 0.25) is 5.82 Å². The molecule has 5 rings (SSSR count). The summed E-state index contributed by atoms with van der Waals surface area (Å²) < 4.78 is 75.0. The summed E-state index contributed by atoms with van der Waals surface area (Å²) in [6, 6.07) is 11.5. The SMILES string of the molecule is O=C(O)c1cccc2nc(OCC(F)(F)F)n(Cc3cc(F)c(-c4ccccc4-c4nn[nH]n4)cc3F)c12. The molecule has 9 nitrogen and oxygen atoms in total. The summed E-state index contributed by atoms with van der Waals surface area (Å²) in [6.07, 6.45) is -4.72. The Kier molecular flexibility index (Phi) is 6.22. The zero-order valence-corrected chi connectivity index (χ0v) is 19.0. The summed E-state index contributed by atoms with van der Waals surface area (Å²) in [5.74, 6) is -2.99. The number of aromatic carboxylic acids is 1. The molecule has 0 fully saturated rings. The fourth-order valence-electron chi connectivity index (χ4n) is 4.01. The molecule has 0 aliphatic heterocycles. The number of rotatable bonds is 7. The average molecular weight is 530 g/mol. The Hall–Kier alpha value is -4.88. The van der Waals surface area contributed by atoms with Gasteiger partial charge in [0.1, 0.15) is 11.6 Å². The second kappa shape index (κ2) is 9.53. The van der Waals surface area contributed by atoms with Crippen LogP contribution in [0.25, 0.3) is 33.5 Å². The van der Waals surface area contributed by atoms with E-state index in [9.17, 15) is 23.1 Å². The Morgan fingerprint density at radius 2 is 1.76 bits per heavy atom. The highest BCUT2D eigenvalue weighted by molar-refractivity contribution is 6.01. The Labute approximate surface area is 209 Å². The van der Waals surface area contributed by atoms with Gasteiger partial charge in [-0.05, 0) is 35.0 Å². The van der Waals surface area contributed by atoms with Crippen LogP contribution in [0.2, 0.25) is 0 Å². The van der Waals surface area contributed by atoms with E-state index in [0.717, 1.165) is 16.7 Å². The van der Waals surface area contributed by atoms with Crippen LogP contribution in [0, 0.1) is 11.6 Å². The average Bonchev–Trinajstić information content (AvgIpc) is 3.53. The van der Waals surface area contributed by atoms with E-state index in [1.807, 2.05) is 0 Å². The van der Waals surface area contributed by atoms with Crippen LogP contribution in [0.3, 0.4) is 0 Å². The number of para-hydroxylation sites is 1. The summed E-state index contributed by atoms with van der Waals surface area (Å²) in [6.45, 7) is -2.29. The minimum absolute atomic E-state index is 0.00798. The topological polar surface area (TPSA) is 119 Å². The lowest BCUT2D eigenvalue weighted by Crippen LogP contribution is -2.21. The van der Waals surface area contributed by atoms with E-state index >= 15 is 8.78 Å². The van der Waals surface area contributed by atoms with Crippen LogP contribution in [-0.4, -0.2) is 54.0 Å². The van der Waals surface area contributed by atoms with E-state index in [4.69, 9.17) is 4.74 Å². The van der Waals surface area contributed by atoms with E-state index in [-0.39, 0.29) is 39.1 Å². The smallest absolute Gasteiger partial charge is 0.422 e. The van der Waals surface area contributed by atoms with Crippen molar-refractivity contribution >= 4 is 17.0 Å². The van der Waals surface area contributed by atoms with Gasteiger partial charge in [-0.15, -0.1) is 10.2 Å². The molecule has 0 saturated carbocycles. The molecule has 0 bridgehead atoms. The number of carbonyl (C=O) groups is 1. The first-order valence-electron chi connectivity index (χ1n) is 10.9. The van der Waals surface area contributed by atoms with Crippen molar-refractivity contribution < 1.29 is 36.6 Å². The highest BCUT2D eigenvalue weighted by Gasteiger charge is 2.30. The standard InChI is InChI=1S/C24H15F5N6O3/c25-17-9-16(13-4-1-2-5-14(13)21-31-33-34-32-21)18(26)8-12(17)10-35-20-15(22(36)37)6-3-7-19(20)30-23(35)38-11-24(27,28)29/h1-9H,10-11H2,(H,36,37)(H,31,32,33,34). The number of aromatic amines is 1. The van der Waals surface area contributed by atoms with Crippen molar-refractivity contribution in [3.63, 3.8) is 0 Å². The molecule has 0 radical (unpaired) electrons. The third-order valence-corrected chi connectivity index (χ3v) is 5.60. The van der Waals surface area contributed by atoms with E-state index in [1.54, 1.807) is 18.2 Å². The third-order valence-electron chi connectivity index (χ3n) is 5.60. The zero-order valence-electron chi connectivity index (χ0n) is 19.0. The monoisotopic (exact) mass is 530 g/mol. The molecule has 2 aromatic heterocycles. The maximum absolute atomic E-state index is 15.4. The van der Waals surface area contributed by atoms with Gasteiger partial charge < -0.3 is 9.84 Å². The summed E-state index contributed by atoms with van der Waals surface area (Å²) in [7, 11) is 0. The van der Waals surface area contributed by atoms with Gasteiger partial charge in [0.15, 0.2) is 6.61 Å². The van der Waals surface area contributed by atoms with Crippen molar-refractivity contribution in [1.82, 2.24) is 30.2 Å². The number of ether oxygens (including phenoxy) is 1. The molecule has 0 amide bonds. The molecule has 3 aromatic carbocycles. The molecule has 2 N–H and O–H groups in total. The molecule has 38 heavy (non-hydrogen) atoms. The Balaban J connectivity index is 1.60. The number of alkyl halides is 3. The lowest BCUT2D eigenvalue weighted by molar-refractivity contribution is -0.155. The fourth-order valence-corrected chi connectivity index (χ4v) is 4.01. The maximum atomic E-state index is 15.4. The minimum atomic E-state index is -4.72. The lowest BCUT2D eigenvalue weighted by Gasteiger charge is -2.14. The molecular formula is C24H15F5N6O3. The number of carboxylic acid groups (broad SMARTS) is 1. The highest BCUT2D eigenvalue weighted by Crippen LogP contribution is 2.34. The van der Waals surface area contributed by atoms with Crippen LogP contribution in [0.5, 0.6) is 6.01 Å². The van der Waals surface area contributed by atoms with Crippen LogP contribution in [0.15, 0.2) is 54.6 Å². The highest BCUT2D eigenvalue weighted by atomic mass is 19.4. The van der Waals surface area contributed by atoms with Gasteiger partial charge >= 0.3 is 12.1 Å². The van der Waals surface area contributed by atoms with Gasteiger partial charge in [-0.25, -0.2) is 13.6 Å². The third kappa shape index (κ3) is 4.75. The number of imidazole rings is 1. The molecule has 5 aromatic rings. The summed E-state index contributed by atoms with van der Waals surface area (Å²) in [5.41, 5.74) is -0.156. The lowest BCUT2D eigenvalue weighted by atomic mass is 9.97. The molecule has 0 atom stereocenters. The molecule has 2 heterocycles. The zero-order chi connectivity index (χ0) is 27.0. The van der Waals surface area contributed by atoms with Crippen molar-refractivity contribution in [3.8, 4) is 28.5 Å². The number of hydrogen-bond acceptors (Lipinski definition) is 6. The van der Waals surface area contributed by atoms with Crippen molar-refractivity contribution in [2.45, 2.75) is 12.7 Å². The normalized spacial score (nSPS) is 11.7. The van der Waals surface area contributed by atoms with Crippen LogP contribution in [0.4, 0.5) is 22.0 Å². The van der Waals surface area contributed by atoms with Gasteiger partial charge in [0.25, 0.3) is 6.01 Å². The number of halogens is 5. The minimum Gasteiger partial charge on any atom is -0.478 e. The first-order valence-corrected chi connectivity index (χ1v) is 10.9. The first kappa shape index (κ1) is 24.8. The van der Waals surface area contributed by atoms with Gasteiger partial charge in [-0.2, -0.15) is 23.4 Å². The van der Waals surface area contributed by atoms with E-state index in [1.165, 1.54) is 24.3 Å². The van der Waals surface area contributed by atoms with Crippen LogP contribution >= 0.6 is 0 Å². The number of nitrogens with zero attached hydrogens (tertiary/aromatic N) is 5. The summed E-state index contributed by atoms with van der Waals surface area (Å²) >= 11 is 0. The van der Waals surface area contributed by atoms with Crippen molar-refractivity contribution in [2.75, 3.05) is 6.61 Å². The molecule has 0 aliphatic rings. The van der Waals surface area contributed by atoms with Crippen molar-refractivity contribution in [2.24, 2.45) is 0 Å². The number of hydrogen-bond donors (Lipinski definition) is 2. The number of carboxylic acids is 1. The van der Waals surface area contributed by atoms with Crippen molar-refractivity contribution in [1.29, 1.82) is 0 Å². The largest absolute Gasteiger partial charge is 0.478 e. The van der Waals surface area contributed by atoms with E-state index in [2.05, 4.69) is 25.6 Å². The van der Waals surface area contributed by atoms with Gasteiger partial charge in [0.05, 0.1) is 23.1 Å². The molecule has 0 aliphatic carbocycles. The van der Waals surface area contributed by atoms with Gasteiger partial charge in [-0.1, -0.05) is 30.3 Å². The summed E-state index contributed by atoms with van der Waals surface area (Å²) in [4.78, 5) is 15.7. The molecule has 0 saturated heterocycles. The molecule has 14 heteroatoms. The number of tetrazole rings is 1. The van der Waals surface area contributed by atoms with E-state index in [0.29, 0.717) is 5.56 Å². The maximum Gasteiger partial charge on any atom is 0.422 e. The number of fused-ring (bicyclic) bond motifs is 1. The number of aromatic nitrogens is 6. The molecular weight excluding hydrogens is 515 g/mol. The number of nitrogens with one attached hydrogen (secondary N) is 1. The molecule has 0 spiro atoms. The number of benzene rings is 3.